The van der Waals surface area contributed by atoms with Gasteiger partial charge < -0.3 is 19.4 Å². The van der Waals surface area contributed by atoms with Crippen LogP contribution in [0.15, 0.2) is 47.4 Å². The van der Waals surface area contributed by atoms with Gasteiger partial charge in [0.1, 0.15) is 17.3 Å². The lowest BCUT2D eigenvalue weighted by molar-refractivity contribution is -0.130. The largest absolute Gasteiger partial charge is 0.497 e. The van der Waals surface area contributed by atoms with Crippen molar-refractivity contribution in [1.82, 2.24) is 10.2 Å². The number of benzene rings is 1. The molecule has 6 heteroatoms. The third kappa shape index (κ3) is 4.99. The Morgan fingerprint density at radius 2 is 1.96 bits per heavy atom. The molecule has 0 aliphatic carbocycles. The summed E-state index contributed by atoms with van der Waals surface area (Å²) >= 11 is 0. The van der Waals surface area contributed by atoms with Gasteiger partial charge in [0.15, 0.2) is 0 Å². The zero-order chi connectivity index (χ0) is 19.1. The number of furan rings is 1. The van der Waals surface area contributed by atoms with Crippen molar-refractivity contribution in [3.63, 3.8) is 0 Å². The number of hydrogen-bond acceptors (Lipinski definition) is 4. The summed E-state index contributed by atoms with van der Waals surface area (Å²) in [6.07, 6.45) is 1.66. The SMILES string of the molecule is C=CCN(Cc1ccc(OC)cc1)C(=O)CNC(=O)c1cc(C)oc1C. The Morgan fingerprint density at radius 1 is 1.27 bits per heavy atom. The van der Waals surface area contributed by atoms with E-state index in [1.54, 1.807) is 38.0 Å². The van der Waals surface area contributed by atoms with Crippen LogP contribution < -0.4 is 10.1 Å². The van der Waals surface area contributed by atoms with Crippen molar-refractivity contribution in [2.75, 3.05) is 20.2 Å². The fourth-order valence-electron chi connectivity index (χ4n) is 2.58. The molecule has 2 aromatic rings. The predicted octanol–water partition coefficient (Wildman–Crippen LogP) is 2.85. The number of nitrogens with one attached hydrogen (secondary N) is 1. The van der Waals surface area contributed by atoms with Crippen LogP contribution in [0.4, 0.5) is 0 Å². The molecule has 1 aromatic carbocycles. The lowest BCUT2D eigenvalue weighted by Crippen LogP contribution is -2.40. The maximum atomic E-state index is 12.5. The van der Waals surface area contributed by atoms with E-state index in [-0.39, 0.29) is 18.4 Å². The topological polar surface area (TPSA) is 71.8 Å². The third-order valence-corrected chi connectivity index (χ3v) is 3.92. The van der Waals surface area contributed by atoms with Gasteiger partial charge in [-0.3, -0.25) is 9.59 Å². The Morgan fingerprint density at radius 3 is 2.50 bits per heavy atom. The Balaban J connectivity index is 1.97. The summed E-state index contributed by atoms with van der Waals surface area (Å²) in [6, 6.07) is 9.15. The standard InChI is InChI=1S/C20H24N2O4/c1-5-10-22(13-16-6-8-17(25-4)9-7-16)19(23)12-21-20(24)18-11-14(2)26-15(18)3/h5-9,11H,1,10,12-13H2,2-4H3,(H,21,24). The Labute approximate surface area is 153 Å². The monoisotopic (exact) mass is 356 g/mol. The minimum atomic E-state index is -0.323. The van der Waals surface area contributed by atoms with Gasteiger partial charge in [-0.1, -0.05) is 18.2 Å². The molecule has 1 heterocycles. The molecule has 0 aliphatic heterocycles. The van der Waals surface area contributed by atoms with Crippen LogP contribution in [0.3, 0.4) is 0 Å². The van der Waals surface area contributed by atoms with Crippen molar-refractivity contribution in [2.24, 2.45) is 0 Å². The molecule has 2 rings (SSSR count). The van der Waals surface area contributed by atoms with Crippen LogP contribution in [0.2, 0.25) is 0 Å². The van der Waals surface area contributed by atoms with Gasteiger partial charge in [-0.2, -0.15) is 0 Å². The molecular formula is C20H24N2O4. The lowest BCUT2D eigenvalue weighted by atomic mass is 10.2. The number of carbonyl (C=O) groups excluding carboxylic acids is 2. The first-order chi connectivity index (χ1) is 12.4. The van der Waals surface area contributed by atoms with Gasteiger partial charge in [0.05, 0.1) is 19.2 Å². The summed E-state index contributed by atoms with van der Waals surface area (Å²) in [6.45, 7) is 7.92. The normalized spacial score (nSPS) is 10.3. The van der Waals surface area contributed by atoms with Crippen LogP contribution in [0.1, 0.15) is 27.4 Å². The highest BCUT2D eigenvalue weighted by Crippen LogP contribution is 2.14. The first kappa shape index (κ1) is 19.3. The molecule has 0 saturated heterocycles. The quantitative estimate of drug-likeness (QED) is 0.738. The van der Waals surface area contributed by atoms with Gasteiger partial charge in [-0.05, 0) is 37.6 Å². The first-order valence-corrected chi connectivity index (χ1v) is 8.31. The number of rotatable bonds is 8. The highest BCUT2D eigenvalue weighted by molar-refractivity contribution is 5.97. The lowest BCUT2D eigenvalue weighted by Gasteiger charge is -2.21. The molecular weight excluding hydrogens is 332 g/mol. The smallest absolute Gasteiger partial charge is 0.255 e. The molecule has 0 radical (unpaired) electrons. The van der Waals surface area contributed by atoms with E-state index in [0.717, 1.165) is 11.3 Å². The predicted molar refractivity (Wildman–Crippen MR) is 99.1 cm³/mol. The Hall–Kier alpha value is -3.02. The molecule has 26 heavy (non-hydrogen) atoms. The first-order valence-electron chi connectivity index (χ1n) is 8.31. The minimum absolute atomic E-state index is 0.0908. The molecule has 0 spiro atoms. The van der Waals surface area contributed by atoms with Gasteiger partial charge in [-0.15, -0.1) is 6.58 Å². The number of hydrogen-bond donors (Lipinski definition) is 1. The summed E-state index contributed by atoms with van der Waals surface area (Å²) in [5.41, 5.74) is 1.41. The third-order valence-electron chi connectivity index (χ3n) is 3.92. The molecule has 0 bridgehead atoms. The van der Waals surface area contributed by atoms with Gasteiger partial charge in [-0.25, -0.2) is 0 Å². The van der Waals surface area contributed by atoms with Gasteiger partial charge in [0.2, 0.25) is 5.91 Å². The fraction of sp³-hybridized carbons (Fsp3) is 0.300. The number of carbonyl (C=O) groups is 2. The van der Waals surface area contributed by atoms with Crippen LogP contribution in [0.5, 0.6) is 5.75 Å². The maximum absolute atomic E-state index is 12.5. The van der Waals surface area contributed by atoms with E-state index in [2.05, 4.69) is 11.9 Å². The number of nitrogens with zero attached hydrogens (tertiary/aromatic N) is 1. The summed E-state index contributed by atoms with van der Waals surface area (Å²) in [7, 11) is 1.61. The molecule has 6 nitrogen and oxygen atoms in total. The molecule has 0 saturated carbocycles. The van der Waals surface area contributed by atoms with E-state index >= 15 is 0 Å². The molecule has 1 N–H and O–H groups in total. The summed E-state index contributed by atoms with van der Waals surface area (Å²) in [5.74, 6) is 1.44. The van der Waals surface area contributed by atoms with E-state index in [9.17, 15) is 9.59 Å². The number of ether oxygens (including phenoxy) is 1. The molecule has 0 unspecified atom stereocenters. The highest BCUT2D eigenvalue weighted by atomic mass is 16.5. The zero-order valence-electron chi connectivity index (χ0n) is 15.4. The second kappa shape index (κ2) is 8.89. The van der Waals surface area contributed by atoms with Crippen molar-refractivity contribution in [3.05, 3.63) is 65.6 Å². The van der Waals surface area contributed by atoms with Gasteiger partial charge >= 0.3 is 0 Å². The molecule has 2 amide bonds. The van der Waals surface area contributed by atoms with Crippen LogP contribution in [0.25, 0.3) is 0 Å². The summed E-state index contributed by atoms with van der Waals surface area (Å²) < 4.78 is 10.5. The number of amides is 2. The molecule has 138 valence electrons. The molecule has 0 aliphatic rings. The van der Waals surface area contributed by atoms with Crippen molar-refractivity contribution >= 4 is 11.8 Å². The van der Waals surface area contributed by atoms with E-state index in [4.69, 9.17) is 9.15 Å². The fourth-order valence-corrected chi connectivity index (χ4v) is 2.58. The highest BCUT2D eigenvalue weighted by Gasteiger charge is 2.17. The zero-order valence-corrected chi connectivity index (χ0v) is 15.4. The van der Waals surface area contributed by atoms with Crippen molar-refractivity contribution < 1.29 is 18.7 Å². The average molecular weight is 356 g/mol. The van der Waals surface area contributed by atoms with E-state index in [1.165, 1.54) is 0 Å². The molecule has 0 fully saturated rings. The second-order valence-electron chi connectivity index (χ2n) is 5.92. The number of aryl methyl sites for hydroxylation is 2. The summed E-state index contributed by atoms with van der Waals surface area (Å²) in [4.78, 5) is 26.3. The van der Waals surface area contributed by atoms with Gasteiger partial charge in [0, 0.05) is 13.1 Å². The van der Waals surface area contributed by atoms with Crippen LogP contribution in [-0.2, 0) is 11.3 Å². The van der Waals surface area contributed by atoms with E-state index in [0.29, 0.717) is 30.2 Å². The second-order valence-corrected chi connectivity index (χ2v) is 5.92. The van der Waals surface area contributed by atoms with E-state index in [1.807, 2.05) is 24.3 Å². The van der Waals surface area contributed by atoms with Crippen molar-refractivity contribution in [1.29, 1.82) is 0 Å². The Kier molecular flexibility index (Phi) is 6.60. The van der Waals surface area contributed by atoms with Crippen LogP contribution >= 0.6 is 0 Å². The minimum Gasteiger partial charge on any atom is -0.497 e. The van der Waals surface area contributed by atoms with E-state index < -0.39 is 0 Å². The number of methoxy groups -OCH3 is 1. The Bertz CT molecular complexity index is 778. The average Bonchev–Trinajstić information content (AvgIpc) is 2.98. The van der Waals surface area contributed by atoms with Crippen LogP contribution in [0, 0.1) is 13.8 Å². The van der Waals surface area contributed by atoms with Crippen LogP contribution in [-0.4, -0.2) is 36.9 Å². The maximum Gasteiger partial charge on any atom is 0.255 e. The van der Waals surface area contributed by atoms with Crippen molar-refractivity contribution in [3.8, 4) is 5.75 Å². The van der Waals surface area contributed by atoms with Gasteiger partial charge in [0.25, 0.3) is 5.91 Å². The molecule has 0 atom stereocenters. The molecule has 1 aromatic heterocycles. The summed E-state index contributed by atoms with van der Waals surface area (Å²) in [5, 5.41) is 2.65. The van der Waals surface area contributed by atoms with Crippen molar-refractivity contribution in [2.45, 2.75) is 20.4 Å².